The van der Waals surface area contributed by atoms with Gasteiger partial charge in [0, 0.05) is 35.3 Å². The quantitative estimate of drug-likeness (QED) is 0.159. The number of carbonyl (C=O) groups is 2. The number of nitro benzene ring substituents is 1. The molecule has 2 N–H and O–H groups in total. The van der Waals surface area contributed by atoms with Gasteiger partial charge < -0.3 is 20.1 Å². The Balaban J connectivity index is 1.58. The van der Waals surface area contributed by atoms with Crippen LogP contribution in [0.4, 0.5) is 10.8 Å². The Labute approximate surface area is 224 Å². The van der Waals surface area contributed by atoms with Crippen molar-refractivity contribution in [2.24, 2.45) is 0 Å². The first-order valence-electron chi connectivity index (χ1n) is 10.9. The fourth-order valence-electron chi connectivity index (χ4n) is 3.29. The maximum Gasteiger partial charge on any atom is 0.269 e. The second-order valence-electron chi connectivity index (χ2n) is 7.43. The minimum Gasteiger partial charge on any atom is -0.497 e. The van der Waals surface area contributed by atoms with Gasteiger partial charge in [0.2, 0.25) is 5.91 Å². The number of rotatable bonds is 11. The number of non-ortho nitro benzene ring substituents is 1. The zero-order valence-electron chi connectivity index (χ0n) is 20.1. The fraction of sp³-hybridized carbons (Fsp3) is 0.174. The SMILES string of the molecule is COc1ccc(OC)c(-n2c(CNC(=O)c3ccc([N+](=O)[O-])cc3)nnc2SCC(=O)Nc2nccs2)c1. The molecule has 0 spiro atoms. The zero-order valence-corrected chi connectivity index (χ0v) is 21.7. The van der Waals surface area contributed by atoms with Gasteiger partial charge >= 0.3 is 0 Å². The summed E-state index contributed by atoms with van der Waals surface area (Å²) in [6, 6.07) is 10.4. The number of ether oxygens (including phenoxy) is 2. The predicted molar refractivity (Wildman–Crippen MR) is 140 cm³/mol. The summed E-state index contributed by atoms with van der Waals surface area (Å²) in [7, 11) is 3.04. The molecule has 0 fully saturated rings. The molecular formula is C23H21N7O6S2. The van der Waals surface area contributed by atoms with E-state index in [-0.39, 0.29) is 29.5 Å². The molecule has 0 saturated carbocycles. The summed E-state index contributed by atoms with van der Waals surface area (Å²) in [6.07, 6.45) is 1.59. The standard InChI is InChI=1S/C23H21N7O6S2/c1-35-16-7-8-18(36-2)17(11-16)29-19(12-25-21(32)14-3-5-15(6-4-14)30(33)34)27-28-23(29)38-13-20(31)26-22-24-9-10-37-22/h3-11H,12-13H2,1-2H3,(H,25,32)(H,24,26,31). The van der Waals surface area contributed by atoms with Crippen LogP contribution in [-0.2, 0) is 11.3 Å². The Morgan fingerprint density at radius 1 is 1.13 bits per heavy atom. The van der Waals surface area contributed by atoms with Crippen molar-refractivity contribution in [3.8, 4) is 17.2 Å². The van der Waals surface area contributed by atoms with E-state index in [1.165, 1.54) is 49.8 Å². The summed E-state index contributed by atoms with van der Waals surface area (Å²) in [5.74, 6) is 0.693. The number of benzene rings is 2. The molecule has 0 saturated heterocycles. The van der Waals surface area contributed by atoms with Crippen molar-refractivity contribution in [2.45, 2.75) is 11.7 Å². The van der Waals surface area contributed by atoms with Crippen LogP contribution >= 0.6 is 23.1 Å². The fourth-order valence-corrected chi connectivity index (χ4v) is 4.60. The van der Waals surface area contributed by atoms with E-state index >= 15 is 0 Å². The lowest BCUT2D eigenvalue weighted by molar-refractivity contribution is -0.384. The van der Waals surface area contributed by atoms with Crippen LogP contribution in [0.1, 0.15) is 16.2 Å². The molecule has 196 valence electrons. The predicted octanol–water partition coefficient (Wildman–Crippen LogP) is 3.31. The van der Waals surface area contributed by atoms with Gasteiger partial charge in [0.15, 0.2) is 16.1 Å². The van der Waals surface area contributed by atoms with Crippen LogP contribution in [-0.4, -0.2) is 56.5 Å². The summed E-state index contributed by atoms with van der Waals surface area (Å²) in [5, 5.41) is 27.4. The molecule has 0 unspecified atom stereocenters. The maximum atomic E-state index is 12.7. The third-order valence-corrected chi connectivity index (χ3v) is 6.70. The van der Waals surface area contributed by atoms with Gasteiger partial charge in [-0.15, -0.1) is 21.5 Å². The van der Waals surface area contributed by atoms with E-state index in [4.69, 9.17) is 9.47 Å². The molecule has 2 amide bonds. The molecule has 0 aliphatic carbocycles. The number of nitro groups is 1. The number of anilines is 1. The van der Waals surface area contributed by atoms with Gasteiger partial charge in [-0.05, 0) is 24.3 Å². The molecule has 38 heavy (non-hydrogen) atoms. The molecule has 13 nitrogen and oxygen atoms in total. The number of aromatic nitrogens is 4. The Bertz CT molecular complexity index is 1440. The molecule has 0 bridgehead atoms. The second kappa shape index (κ2) is 12.2. The molecule has 0 aliphatic rings. The smallest absolute Gasteiger partial charge is 0.269 e. The summed E-state index contributed by atoms with van der Waals surface area (Å²) in [5.41, 5.74) is 0.667. The lowest BCUT2D eigenvalue weighted by Crippen LogP contribution is -2.24. The number of thiazole rings is 1. The number of nitrogens with one attached hydrogen (secondary N) is 2. The van der Waals surface area contributed by atoms with E-state index in [0.29, 0.717) is 33.3 Å². The highest BCUT2D eigenvalue weighted by Gasteiger charge is 2.21. The molecule has 2 aromatic carbocycles. The topological polar surface area (TPSA) is 163 Å². The van der Waals surface area contributed by atoms with E-state index < -0.39 is 10.8 Å². The number of hydrogen-bond donors (Lipinski definition) is 2. The molecular weight excluding hydrogens is 534 g/mol. The number of methoxy groups -OCH3 is 2. The van der Waals surface area contributed by atoms with Crippen molar-refractivity contribution in [1.29, 1.82) is 0 Å². The lowest BCUT2D eigenvalue weighted by atomic mass is 10.2. The molecule has 0 radical (unpaired) electrons. The molecule has 2 aromatic heterocycles. The number of thioether (sulfide) groups is 1. The second-order valence-corrected chi connectivity index (χ2v) is 9.27. The molecule has 0 aliphatic heterocycles. The molecule has 4 aromatic rings. The summed E-state index contributed by atoms with van der Waals surface area (Å²) < 4.78 is 12.6. The average molecular weight is 556 g/mol. The normalized spacial score (nSPS) is 10.6. The monoisotopic (exact) mass is 555 g/mol. The third kappa shape index (κ3) is 6.24. The summed E-state index contributed by atoms with van der Waals surface area (Å²) in [6.45, 7) is -0.0327. The van der Waals surface area contributed by atoms with Crippen LogP contribution in [0.15, 0.2) is 59.2 Å². The van der Waals surface area contributed by atoms with Crippen molar-refractivity contribution < 1.29 is 24.0 Å². The van der Waals surface area contributed by atoms with Crippen molar-refractivity contribution in [3.63, 3.8) is 0 Å². The Morgan fingerprint density at radius 3 is 2.58 bits per heavy atom. The molecule has 15 heteroatoms. The highest BCUT2D eigenvalue weighted by atomic mass is 32.2. The number of carbonyl (C=O) groups excluding carboxylic acids is 2. The van der Waals surface area contributed by atoms with E-state index in [9.17, 15) is 19.7 Å². The molecule has 4 rings (SSSR count). The Morgan fingerprint density at radius 2 is 1.92 bits per heavy atom. The zero-order chi connectivity index (χ0) is 27.1. The van der Waals surface area contributed by atoms with E-state index in [0.717, 1.165) is 11.8 Å². The molecule has 2 heterocycles. The Kier molecular flexibility index (Phi) is 8.50. The molecule has 0 atom stereocenters. The van der Waals surface area contributed by atoms with Gasteiger partial charge in [-0.3, -0.25) is 24.3 Å². The number of nitrogens with zero attached hydrogens (tertiary/aromatic N) is 5. The van der Waals surface area contributed by atoms with E-state index in [1.54, 1.807) is 34.3 Å². The van der Waals surface area contributed by atoms with Crippen LogP contribution in [0.3, 0.4) is 0 Å². The van der Waals surface area contributed by atoms with Gasteiger partial charge in [0.05, 0.1) is 37.1 Å². The number of amides is 2. The lowest BCUT2D eigenvalue weighted by Gasteiger charge is -2.15. The van der Waals surface area contributed by atoms with Gasteiger partial charge in [0.25, 0.3) is 11.6 Å². The van der Waals surface area contributed by atoms with Crippen LogP contribution in [0.2, 0.25) is 0 Å². The highest BCUT2D eigenvalue weighted by molar-refractivity contribution is 7.99. The van der Waals surface area contributed by atoms with Crippen LogP contribution in [0.5, 0.6) is 11.5 Å². The van der Waals surface area contributed by atoms with Crippen molar-refractivity contribution in [3.05, 3.63) is 75.5 Å². The van der Waals surface area contributed by atoms with Gasteiger partial charge in [-0.1, -0.05) is 11.8 Å². The third-order valence-electron chi connectivity index (χ3n) is 5.09. The number of hydrogen-bond acceptors (Lipinski definition) is 11. The van der Waals surface area contributed by atoms with Crippen molar-refractivity contribution in [1.82, 2.24) is 25.1 Å². The maximum absolute atomic E-state index is 12.7. The van der Waals surface area contributed by atoms with E-state index in [1.807, 2.05) is 0 Å². The summed E-state index contributed by atoms with van der Waals surface area (Å²) in [4.78, 5) is 39.5. The van der Waals surface area contributed by atoms with Crippen LogP contribution in [0.25, 0.3) is 5.69 Å². The van der Waals surface area contributed by atoms with Crippen molar-refractivity contribution >= 4 is 45.7 Å². The van der Waals surface area contributed by atoms with Gasteiger partial charge in [-0.25, -0.2) is 4.98 Å². The van der Waals surface area contributed by atoms with Crippen LogP contribution < -0.4 is 20.1 Å². The van der Waals surface area contributed by atoms with Gasteiger partial charge in [-0.2, -0.15) is 0 Å². The first kappa shape index (κ1) is 26.6. The highest BCUT2D eigenvalue weighted by Crippen LogP contribution is 2.32. The minimum atomic E-state index is -0.540. The Hall–Kier alpha value is -4.50. The van der Waals surface area contributed by atoms with Crippen molar-refractivity contribution in [2.75, 3.05) is 25.3 Å². The first-order chi connectivity index (χ1) is 18.4. The summed E-state index contributed by atoms with van der Waals surface area (Å²) >= 11 is 2.45. The minimum absolute atomic E-state index is 0.0269. The van der Waals surface area contributed by atoms with Crippen LogP contribution in [0, 0.1) is 10.1 Å². The van der Waals surface area contributed by atoms with Gasteiger partial charge in [0.1, 0.15) is 11.5 Å². The van der Waals surface area contributed by atoms with E-state index in [2.05, 4.69) is 25.8 Å². The first-order valence-corrected chi connectivity index (χ1v) is 12.8. The largest absolute Gasteiger partial charge is 0.497 e. The average Bonchev–Trinajstić information content (AvgIpc) is 3.59.